The summed E-state index contributed by atoms with van der Waals surface area (Å²) in [5.41, 5.74) is 14.5. The van der Waals surface area contributed by atoms with Gasteiger partial charge in [0.15, 0.2) is 0 Å². The van der Waals surface area contributed by atoms with Gasteiger partial charge in [0, 0.05) is 67.6 Å². The number of H-pyrrole nitrogens is 2. The first-order valence-corrected chi connectivity index (χ1v) is 21.5. The molecule has 1 aliphatic heterocycles. The van der Waals surface area contributed by atoms with Crippen LogP contribution in [0.15, 0.2) is 43.9 Å². The summed E-state index contributed by atoms with van der Waals surface area (Å²) in [7, 11) is 0. The van der Waals surface area contributed by atoms with Gasteiger partial charge < -0.3 is 30.4 Å². The number of hydrogen-bond acceptors (Lipinski definition) is 9. The average molecular weight is 846 g/mol. The van der Waals surface area contributed by atoms with E-state index in [2.05, 4.69) is 74.9 Å². The average Bonchev–Trinajstić information content (AvgIpc) is 3.60. The van der Waals surface area contributed by atoms with Gasteiger partial charge in [0.25, 0.3) is 11.1 Å². The third-order valence-corrected chi connectivity index (χ3v) is 10.8. The molecule has 0 aliphatic carbocycles. The molecular formula is C44H63N9O8. The number of amides is 3. The van der Waals surface area contributed by atoms with Crippen LogP contribution in [-0.4, -0.2) is 70.7 Å². The molecule has 0 saturated carbocycles. The van der Waals surface area contributed by atoms with Gasteiger partial charge in [-0.3, -0.25) is 33.5 Å². The van der Waals surface area contributed by atoms with Crippen molar-refractivity contribution in [3.05, 3.63) is 105 Å². The number of unbranched alkanes of at least 4 members (excludes halogenated alkanes) is 6. The minimum atomic E-state index is -0.736. The highest BCUT2D eigenvalue weighted by molar-refractivity contribution is 5.91. The molecule has 3 atom stereocenters. The Morgan fingerprint density at radius 2 is 1.46 bits per heavy atom. The summed E-state index contributed by atoms with van der Waals surface area (Å²) in [6.45, 7) is 10.8. The quantitative estimate of drug-likeness (QED) is 0.0303. The number of rotatable bonds is 25. The number of aryl methyl sites for hydroxylation is 4. The van der Waals surface area contributed by atoms with Crippen LogP contribution in [-0.2, 0) is 36.7 Å². The highest BCUT2D eigenvalue weighted by atomic mass is 16.6. The lowest BCUT2D eigenvalue weighted by Gasteiger charge is -2.17. The molecule has 1 fully saturated rings. The Bertz CT molecular complexity index is 2170. The lowest BCUT2D eigenvalue weighted by Crippen LogP contribution is -2.33. The van der Waals surface area contributed by atoms with Gasteiger partial charge in [0.2, 0.25) is 17.7 Å². The number of azide groups is 1. The van der Waals surface area contributed by atoms with Gasteiger partial charge in [-0.05, 0) is 82.0 Å². The van der Waals surface area contributed by atoms with E-state index in [1.54, 1.807) is 6.92 Å². The second-order valence-electron chi connectivity index (χ2n) is 16.0. The van der Waals surface area contributed by atoms with Crippen molar-refractivity contribution >= 4 is 23.4 Å². The summed E-state index contributed by atoms with van der Waals surface area (Å²) in [6, 6.07) is 5.79. The Balaban J connectivity index is 1.01. The highest BCUT2D eigenvalue weighted by Gasteiger charge is 2.36. The van der Waals surface area contributed by atoms with Crippen molar-refractivity contribution in [3.8, 4) is 0 Å². The Labute approximate surface area is 356 Å². The molecule has 332 valence electrons. The summed E-state index contributed by atoms with van der Waals surface area (Å²) in [5.74, 6) is -0.330. The molecule has 1 aromatic carbocycles. The first-order chi connectivity index (χ1) is 29.3. The van der Waals surface area contributed by atoms with E-state index < -0.39 is 29.6 Å². The zero-order valence-corrected chi connectivity index (χ0v) is 36.3. The van der Waals surface area contributed by atoms with Crippen molar-refractivity contribution in [1.82, 2.24) is 25.2 Å². The molecule has 5 N–H and O–H groups in total. The van der Waals surface area contributed by atoms with Crippen LogP contribution in [0.25, 0.3) is 10.4 Å². The second-order valence-corrected chi connectivity index (χ2v) is 16.0. The third kappa shape index (κ3) is 15.5. The van der Waals surface area contributed by atoms with E-state index >= 15 is 0 Å². The minimum absolute atomic E-state index is 0.00761. The number of ether oxygens (including phenoxy) is 2. The molecule has 0 bridgehead atoms. The molecular weight excluding hydrogens is 783 g/mol. The van der Waals surface area contributed by atoms with Crippen LogP contribution in [0.2, 0.25) is 0 Å². The number of nitrogens with zero attached hydrogens (tertiary/aromatic N) is 4. The fraction of sp³-hybridized carbons (Fsp3) is 0.591. The standard InChI is InChI=1S/C44H63N9O8/c1-6-33-31(5)48-43(58)41(34(33)24-32-22-28(2)21-29(3)23-32)49-39(56)16-12-10-8-7-9-11-15-37(54)46-18-13-14-19-47-38(55)17-20-60-27-36-35(51-52-45)25-40(61-36)53-26-30(4)42(57)50-44(53)59/h21-23,26,35-36,40H,6-20,24-25,27H2,1-5H3,(H,46,54)(H,47,55)(H,48,58)(H,49,56)(H,50,57,59). The summed E-state index contributed by atoms with van der Waals surface area (Å²) in [5, 5.41) is 12.5. The van der Waals surface area contributed by atoms with Gasteiger partial charge in [-0.1, -0.05) is 67.0 Å². The van der Waals surface area contributed by atoms with E-state index in [1.807, 2.05) is 6.92 Å². The molecule has 3 unspecified atom stereocenters. The number of nitrogens with one attached hydrogen (secondary N) is 5. The van der Waals surface area contributed by atoms with Gasteiger partial charge in [0.05, 0.1) is 25.4 Å². The van der Waals surface area contributed by atoms with Gasteiger partial charge in [0.1, 0.15) is 11.9 Å². The van der Waals surface area contributed by atoms with Crippen molar-refractivity contribution in [3.63, 3.8) is 0 Å². The number of benzene rings is 1. The van der Waals surface area contributed by atoms with Crippen molar-refractivity contribution < 1.29 is 23.9 Å². The zero-order chi connectivity index (χ0) is 44.3. The van der Waals surface area contributed by atoms with Crippen LogP contribution in [0.3, 0.4) is 0 Å². The Morgan fingerprint density at radius 3 is 2.10 bits per heavy atom. The summed E-state index contributed by atoms with van der Waals surface area (Å²) < 4.78 is 12.8. The maximum absolute atomic E-state index is 13.0. The van der Waals surface area contributed by atoms with Gasteiger partial charge in [-0.2, -0.15) is 0 Å². The molecule has 3 heterocycles. The Kier molecular flexibility index (Phi) is 19.5. The van der Waals surface area contributed by atoms with E-state index in [-0.39, 0.29) is 49.3 Å². The highest BCUT2D eigenvalue weighted by Crippen LogP contribution is 2.30. The monoisotopic (exact) mass is 845 g/mol. The molecule has 17 heteroatoms. The molecule has 0 radical (unpaired) electrons. The predicted octanol–water partition coefficient (Wildman–Crippen LogP) is 5.76. The molecule has 3 aromatic rings. The topological polar surface area (TPSA) is 242 Å². The first-order valence-electron chi connectivity index (χ1n) is 21.5. The van der Waals surface area contributed by atoms with Crippen LogP contribution in [0.1, 0.15) is 129 Å². The number of carbonyl (C=O) groups excluding carboxylic acids is 3. The van der Waals surface area contributed by atoms with Gasteiger partial charge in [-0.15, -0.1) is 0 Å². The van der Waals surface area contributed by atoms with E-state index in [1.165, 1.54) is 10.8 Å². The van der Waals surface area contributed by atoms with E-state index in [9.17, 15) is 28.8 Å². The minimum Gasteiger partial charge on any atom is -0.378 e. The summed E-state index contributed by atoms with van der Waals surface area (Å²) >= 11 is 0. The van der Waals surface area contributed by atoms with Crippen LogP contribution in [0.5, 0.6) is 0 Å². The van der Waals surface area contributed by atoms with E-state index in [4.69, 9.17) is 15.0 Å². The number of aromatic amines is 2. The maximum atomic E-state index is 13.0. The molecule has 1 saturated heterocycles. The number of hydrogen-bond donors (Lipinski definition) is 5. The van der Waals surface area contributed by atoms with E-state index in [0.29, 0.717) is 50.0 Å². The van der Waals surface area contributed by atoms with Crippen LogP contribution >= 0.6 is 0 Å². The van der Waals surface area contributed by atoms with Crippen molar-refractivity contribution in [2.45, 2.75) is 143 Å². The van der Waals surface area contributed by atoms with Gasteiger partial charge >= 0.3 is 5.69 Å². The first kappa shape index (κ1) is 48.2. The van der Waals surface area contributed by atoms with Crippen LogP contribution in [0, 0.1) is 27.7 Å². The van der Waals surface area contributed by atoms with Crippen LogP contribution < -0.4 is 32.8 Å². The Hall–Kier alpha value is -5.51. The molecule has 0 spiro atoms. The largest absolute Gasteiger partial charge is 0.378 e. The maximum Gasteiger partial charge on any atom is 0.330 e. The predicted molar refractivity (Wildman–Crippen MR) is 234 cm³/mol. The lowest BCUT2D eigenvalue weighted by atomic mass is 9.94. The van der Waals surface area contributed by atoms with Gasteiger partial charge in [-0.25, -0.2) is 4.79 Å². The third-order valence-electron chi connectivity index (χ3n) is 10.8. The van der Waals surface area contributed by atoms with Crippen LogP contribution in [0.4, 0.5) is 5.69 Å². The van der Waals surface area contributed by atoms with Crippen molar-refractivity contribution in [2.75, 3.05) is 31.6 Å². The van der Waals surface area contributed by atoms with Crippen molar-refractivity contribution in [1.29, 1.82) is 0 Å². The zero-order valence-electron chi connectivity index (χ0n) is 36.3. The molecule has 2 aromatic heterocycles. The SMILES string of the molecule is CCc1c(C)[nH]c(=O)c(NC(=O)CCCCCCCCC(=O)NCCCCNC(=O)CCOCC2OC(n3cc(C)c(=O)[nH]c3=O)CC2N=[N+]=[N-])c1Cc1cc(C)cc(C)c1. The summed E-state index contributed by atoms with van der Waals surface area (Å²) in [6.07, 6.45) is 9.21. The molecule has 1 aliphatic rings. The fourth-order valence-corrected chi connectivity index (χ4v) is 7.75. The van der Waals surface area contributed by atoms with Crippen molar-refractivity contribution in [2.24, 2.45) is 5.11 Å². The van der Waals surface area contributed by atoms with E-state index in [0.717, 1.165) is 84.9 Å². The Morgan fingerprint density at radius 1 is 0.836 bits per heavy atom. The summed E-state index contributed by atoms with van der Waals surface area (Å²) in [4.78, 5) is 82.6. The smallest absolute Gasteiger partial charge is 0.330 e. The number of pyridine rings is 1. The number of anilines is 1. The fourth-order valence-electron chi connectivity index (χ4n) is 7.75. The molecule has 3 amide bonds. The normalized spacial score (nSPS) is 15.9. The number of aromatic nitrogens is 3. The lowest BCUT2D eigenvalue weighted by molar-refractivity contribution is -0.123. The molecule has 17 nitrogen and oxygen atoms in total. The molecule has 61 heavy (non-hydrogen) atoms. The second kappa shape index (κ2) is 24.7. The number of carbonyl (C=O) groups is 3. The molecule has 4 rings (SSSR count).